The van der Waals surface area contributed by atoms with E-state index in [1.54, 1.807) is 0 Å². The average Bonchev–Trinajstić information content (AvgIpc) is 3.93. The zero-order valence-electron chi connectivity index (χ0n) is 44.5. The van der Waals surface area contributed by atoms with Gasteiger partial charge in [0.25, 0.3) is 0 Å². The normalized spacial score (nSPS) is 53.3. The van der Waals surface area contributed by atoms with Gasteiger partial charge in [0.05, 0.1) is 47.0 Å². The fourth-order valence-electron chi connectivity index (χ4n) is 15.4. The van der Waals surface area contributed by atoms with Crippen LogP contribution >= 0.6 is 34.8 Å². The second-order valence-electron chi connectivity index (χ2n) is 24.2. The minimum absolute atomic E-state index is 0.0204. The highest BCUT2D eigenvalue weighted by molar-refractivity contribution is 6.21. The summed E-state index contributed by atoms with van der Waals surface area (Å²) in [7, 11) is 0. The molecule has 5 aliphatic heterocycles. The molecule has 28 heteroatoms. The van der Waals surface area contributed by atoms with Gasteiger partial charge in [-0.2, -0.15) is 0 Å². The topological polar surface area (TPSA) is 393 Å². The lowest BCUT2D eigenvalue weighted by molar-refractivity contribution is -0.399. The second kappa shape index (κ2) is 24.7. The Hall–Kier alpha value is -0.840. The van der Waals surface area contributed by atoms with Crippen LogP contribution in [0.15, 0.2) is 12.2 Å². The molecular weight excluding hydrogens is 1130 g/mol. The molecule has 5 heterocycles. The number of rotatable bonds is 18. The first-order valence-corrected chi connectivity index (χ1v) is 29.2. The highest BCUT2D eigenvalue weighted by atomic mass is 35.5. The molecule has 4 saturated carbocycles. The lowest BCUT2D eigenvalue weighted by Gasteiger charge is -2.64. The van der Waals surface area contributed by atoms with E-state index >= 15 is 0 Å². The van der Waals surface area contributed by atoms with Crippen LogP contribution in [0, 0.1) is 28.1 Å². The summed E-state index contributed by atoms with van der Waals surface area (Å²) in [5.41, 5.74) is -2.29. The molecule has 9 fully saturated rings. The van der Waals surface area contributed by atoms with E-state index < -0.39 is 206 Å². The fraction of sp³-hybridized carbons (Fsp3) is 0.942. The van der Waals surface area contributed by atoms with Crippen LogP contribution in [0.1, 0.15) is 84.5 Å². The Balaban J connectivity index is 0.940. The number of carbonyl (C=O) groups is 1. The predicted molar refractivity (Wildman–Crippen MR) is 272 cm³/mol. The Kier molecular flexibility index (Phi) is 19.7. The maximum atomic E-state index is 14.7. The van der Waals surface area contributed by atoms with Crippen LogP contribution in [0.25, 0.3) is 0 Å². The molecule has 2 bridgehead atoms. The number of aliphatic hydroxyl groups is 14. The number of hydrogen-bond acceptors (Lipinski definition) is 25. The quantitative estimate of drug-likeness (QED) is 0.0286. The van der Waals surface area contributed by atoms with Gasteiger partial charge in [0.15, 0.2) is 25.2 Å². The van der Waals surface area contributed by atoms with Gasteiger partial charge >= 0.3 is 5.97 Å². The third kappa shape index (κ3) is 11.1. The number of esters is 1. The van der Waals surface area contributed by atoms with Crippen molar-refractivity contribution in [3.63, 3.8) is 0 Å². The van der Waals surface area contributed by atoms with Gasteiger partial charge in [-0.05, 0) is 99.4 Å². The van der Waals surface area contributed by atoms with Crippen molar-refractivity contribution in [2.45, 2.75) is 236 Å². The summed E-state index contributed by atoms with van der Waals surface area (Å²) < 4.78 is 61.5. The van der Waals surface area contributed by atoms with E-state index in [1.807, 2.05) is 6.92 Å². The van der Waals surface area contributed by atoms with E-state index in [9.17, 15) is 76.3 Å². The van der Waals surface area contributed by atoms with Crippen molar-refractivity contribution < 1.29 is 124 Å². The molecule has 0 amide bonds. The van der Waals surface area contributed by atoms with Gasteiger partial charge in [0, 0.05) is 13.2 Å². The molecule has 0 aromatic heterocycles. The number of ether oxygens (including phenoxy) is 10. The summed E-state index contributed by atoms with van der Waals surface area (Å²) in [5, 5.41) is 150. The van der Waals surface area contributed by atoms with Crippen molar-refractivity contribution >= 4 is 40.8 Å². The highest BCUT2D eigenvalue weighted by Gasteiger charge is 2.70. The molecule has 460 valence electrons. The molecule has 4 aliphatic carbocycles. The summed E-state index contributed by atoms with van der Waals surface area (Å²) in [6.45, 7) is 6.43. The Morgan fingerprint density at radius 3 is 1.81 bits per heavy atom. The van der Waals surface area contributed by atoms with Crippen molar-refractivity contribution in [1.82, 2.24) is 0 Å². The van der Waals surface area contributed by atoms with E-state index in [2.05, 4.69) is 13.5 Å². The fourth-order valence-corrected chi connectivity index (χ4v) is 16.2. The van der Waals surface area contributed by atoms with Crippen molar-refractivity contribution in [3.05, 3.63) is 12.2 Å². The highest BCUT2D eigenvalue weighted by Crippen LogP contribution is 2.74. The molecule has 0 unspecified atom stereocenters. The minimum Gasteiger partial charge on any atom is -0.462 e. The van der Waals surface area contributed by atoms with Gasteiger partial charge in [0.2, 0.25) is 5.79 Å². The number of alkyl halides is 3. The third-order valence-corrected chi connectivity index (χ3v) is 20.9. The van der Waals surface area contributed by atoms with Crippen LogP contribution in [0.3, 0.4) is 0 Å². The van der Waals surface area contributed by atoms with Crippen LogP contribution in [0.4, 0.5) is 0 Å². The lowest BCUT2D eigenvalue weighted by atomic mass is 9.41. The van der Waals surface area contributed by atoms with Gasteiger partial charge in [0.1, 0.15) is 104 Å². The molecule has 9 aliphatic rings. The first kappa shape index (κ1) is 63.7. The second-order valence-corrected chi connectivity index (χ2v) is 25.3. The largest absolute Gasteiger partial charge is 0.462 e. The Morgan fingerprint density at radius 2 is 1.20 bits per heavy atom. The van der Waals surface area contributed by atoms with Crippen LogP contribution < -0.4 is 0 Å². The molecule has 14 N–H and O–H groups in total. The molecule has 0 aromatic rings. The Morgan fingerprint density at radius 1 is 0.625 bits per heavy atom. The molecule has 80 heavy (non-hydrogen) atoms. The van der Waals surface area contributed by atoms with Gasteiger partial charge < -0.3 is 119 Å². The van der Waals surface area contributed by atoms with E-state index in [0.29, 0.717) is 56.9 Å². The van der Waals surface area contributed by atoms with Gasteiger partial charge in [-0.25, -0.2) is 0 Å². The molecule has 1 spiro atoms. The molecule has 5 saturated heterocycles. The van der Waals surface area contributed by atoms with Crippen molar-refractivity contribution in [2.75, 3.05) is 38.2 Å². The average molecular weight is 1210 g/mol. The van der Waals surface area contributed by atoms with Crippen LogP contribution in [0.2, 0.25) is 0 Å². The molecule has 0 radical (unpaired) electrons. The molecule has 30 atom stereocenters. The summed E-state index contributed by atoms with van der Waals surface area (Å²) in [6.07, 6.45) is -31.3. The smallest absolute Gasteiger partial charge is 0.312 e. The third-order valence-electron chi connectivity index (χ3n) is 19.6. The monoisotopic (exact) mass is 1210 g/mol. The molecule has 0 aromatic carbocycles. The minimum atomic E-state index is -2.09. The van der Waals surface area contributed by atoms with Crippen LogP contribution in [-0.2, 0) is 52.2 Å². The van der Waals surface area contributed by atoms with Crippen LogP contribution in [0.5, 0.6) is 0 Å². The first-order chi connectivity index (χ1) is 37.8. The van der Waals surface area contributed by atoms with Crippen molar-refractivity contribution in [2.24, 2.45) is 28.1 Å². The molecular formula is C52H81Cl3O25. The molecule has 25 nitrogen and oxygen atoms in total. The number of carbonyl (C=O) groups excluding carboxylic acids is 1. The zero-order valence-corrected chi connectivity index (χ0v) is 46.8. The SMILES string of the molecule is C=C1C[C@@]23CC[C@H]4[C@@](C)(CCC[C@@]4(C)C(=O)OC[C@H]4O[C@H](O[C@]5(CCl)O[C@H](CCl)[C@@H](O)[C@@H]5O)[C@H](O)[C@@H](O)[C@H]4Cl)[C@@H]2CC[C@]1(O[C@@H]1O[C@H](CCO)[C@@H](O)[C@H](O[C@@H]2O[C@H](CCO)[C@@H](O)[C@H](O)[C@H]2O)[C@H]1O[C@@H]1O[C@H](CO)[C@@H](O)[C@H](O)[C@H]1O)C3. The lowest BCUT2D eigenvalue weighted by Crippen LogP contribution is -2.67. The molecule has 9 rings (SSSR count). The summed E-state index contributed by atoms with van der Waals surface area (Å²) in [4.78, 5) is 14.7. The number of fused-ring (bicyclic) bond motifs is 3. The van der Waals surface area contributed by atoms with Gasteiger partial charge in [-0.1, -0.05) is 19.9 Å². The maximum absolute atomic E-state index is 14.7. The Labute approximate surface area is 477 Å². The van der Waals surface area contributed by atoms with Gasteiger partial charge in [-0.3, -0.25) is 4.79 Å². The van der Waals surface area contributed by atoms with Crippen molar-refractivity contribution in [3.8, 4) is 0 Å². The summed E-state index contributed by atoms with van der Waals surface area (Å²) >= 11 is 18.7. The van der Waals surface area contributed by atoms with E-state index in [0.717, 1.165) is 6.42 Å². The number of aliphatic hydroxyl groups excluding tert-OH is 14. The van der Waals surface area contributed by atoms with E-state index in [4.69, 9.17) is 82.2 Å². The zero-order chi connectivity index (χ0) is 58.2. The number of hydrogen-bond donors (Lipinski definition) is 14. The first-order valence-electron chi connectivity index (χ1n) is 27.7. The van der Waals surface area contributed by atoms with Gasteiger partial charge in [-0.15, -0.1) is 34.8 Å². The summed E-state index contributed by atoms with van der Waals surface area (Å²) in [6, 6.07) is 0. The van der Waals surface area contributed by atoms with E-state index in [-0.39, 0.29) is 30.6 Å². The van der Waals surface area contributed by atoms with Crippen molar-refractivity contribution in [1.29, 1.82) is 0 Å². The predicted octanol–water partition coefficient (Wildman–Crippen LogP) is -2.77. The standard InChI is InChI=1S/C52H81Cl3O25/c1-21-15-50-11-5-27-48(2,9-4-10-49(27,3)47(70)71-18-26-29(55)34(63)37(66)45(75-26)80-52(20-54)42(69)33(62)24(16-53)78-52)28(50)6-12-51(21,19-50)79-46-41(77-44-39(68)36(65)31(60)25(17-58)74-44)40(32(61)23(73-46)8-14-57)76-43-38(67)35(64)30(59)22(72-43)7-13-56/h22-46,56-69H,1,4-20H2,2-3H3/t22-,23-,24-,25-,26-,27+,28+,29+,30-,31-,32-,33-,34+,35+,36+,37-,38-,39-,40+,41-,42+,43+,44+,45-,46+,48-,49-,50-,51+,52+/m1/s1. The number of halogens is 3. The maximum Gasteiger partial charge on any atom is 0.312 e. The Bertz CT molecular complexity index is 2140. The summed E-state index contributed by atoms with van der Waals surface area (Å²) in [5.74, 6) is -3.54. The van der Waals surface area contributed by atoms with Crippen LogP contribution in [-0.4, -0.2) is 267 Å². The van der Waals surface area contributed by atoms with E-state index in [1.165, 1.54) is 0 Å².